The summed E-state index contributed by atoms with van der Waals surface area (Å²) in [4.78, 5) is 12.4. The van der Waals surface area contributed by atoms with Crippen LogP contribution in [0.2, 0.25) is 0 Å². The van der Waals surface area contributed by atoms with Crippen LogP contribution in [0.3, 0.4) is 0 Å². The van der Waals surface area contributed by atoms with E-state index >= 15 is 0 Å². The highest BCUT2D eigenvalue weighted by Gasteiger charge is 2.08. The first-order valence-corrected chi connectivity index (χ1v) is 4.69. The Morgan fingerprint density at radius 1 is 1.50 bits per heavy atom. The van der Waals surface area contributed by atoms with Gasteiger partial charge < -0.3 is 15.7 Å². The molecule has 96 valence electrons. The molecule has 18 heavy (non-hydrogen) atoms. The van der Waals surface area contributed by atoms with E-state index in [4.69, 9.17) is 25.8 Å². The summed E-state index contributed by atoms with van der Waals surface area (Å²) in [7, 11) is 1.61. The van der Waals surface area contributed by atoms with Gasteiger partial charge in [0, 0.05) is 0 Å². The zero-order valence-corrected chi connectivity index (χ0v) is 9.40. The summed E-state index contributed by atoms with van der Waals surface area (Å²) in [5.41, 5.74) is 6.26. The van der Waals surface area contributed by atoms with Gasteiger partial charge in [-0.05, 0) is 12.1 Å². The fourth-order valence-corrected chi connectivity index (χ4v) is 1.24. The average Bonchev–Trinajstić information content (AvgIpc) is 2.75. The molecule has 1 heterocycles. The molecular formula is C9H11N5O4. The molecule has 2 rings (SSSR count). The molecule has 0 saturated heterocycles. The van der Waals surface area contributed by atoms with Crippen molar-refractivity contribution in [3.8, 4) is 17.1 Å². The molecule has 0 unspecified atom stereocenters. The van der Waals surface area contributed by atoms with Gasteiger partial charge in [0.1, 0.15) is 5.75 Å². The lowest BCUT2D eigenvalue weighted by molar-refractivity contribution is -0.742. The van der Waals surface area contributed by atoms with E-state index in [-0.39, 0.29) is 5.95 Å². The molecule has 0 aliphatic carbocycles. The normalized spacial score (nSPS) is 9.17. The summed E-state index contributed by atoms with van der Waals surface area (Å²) in [6, 6.07) is 7.53. The first-order valence-electron chi connectivity index (χ1n) is 4.69. The molecule has 0 amide bonds. The Labute approximate surface area is 101 Å². The Bertz CT molecular complexity index is 523. The van der Waals surface area contributed by atoms with Crippen LogP contribution in [0.5, 0.6) is 5.75 Å². The molecule has 9 heteroatoms. The zero-order chi connectivity index (χ0) is 13.5. The Morgan fingerprint density at radius 3 is 2.61 bits per heavy atom. The van der Waals surface area contributed by atoms with Gasteiger partial charge in [-0.2, -0.15) is 4.98 Å². The molecular weight excluding hydrogens is 242 g/mol. The summed E-state index contributed by atoms with van der Waals surface area (Å²) >= 11 is 0. The number of benzene rings is 1. The molecule has 0 aliphatic rings. The lowest BCUT2D eigenvalue weighted by Crippen LogP contribution is -1.89. The van der Waals surface area contributed by atoms with Crippen molar-refractivity contribution >= 4 is 5.95 Å². The number of nitrogens with one attached hydrogen (secondary N) is 1. The van der Waals surface area contributed by atoms with Gasteiger partial charge in [0.15, 0.2) is 5.82 Å². The standard InChI is InChI=1S/C9H10N4O.HNO3/c1-14-7-5-3-2-4-6(7)8-11-9(10)13-12-8;2-1(3)4/h2-5H,1H3,(H3,10,11,12,13);(H,2,3,4). The van der Waals surface area contributed by atoms with Crippen molar-refractivity contribution in [1.82, 2.24) is 15.2 Å². The topological polar surface area (TPSA) is 140 Å². The maximum atomic E-state index is 8.36. The quantitative estimate of drug-likeness (QED) is 0.528. The highest BCUT2D eigenvalue weighted by atomic mass is 16.9. The van der Waals surface area contributed by atoms with Gasteiger partial charge in [-0.25, -0.2) is 0 Å². The number of nitrogens with zero attached hydrogens (tertiary/aromatic N) is 3. The van der Waals surface area contributed by atoms with Crippen molar-refractivity contribution in [2.45, 2.75) is 0 Å². The van der Waals surface area contributed by atoms with Gasteiger partial charge in [0.2, 0.25) is 5.95 Å². The van der Waals surface area contributed by atoms with Crippen LogP contribution in [-0.2, 0) is 0 Å². The van der Waals surface area contributed by atoms with Crippen molar-refractivity contribution in [1.29, 1.82) is 0 Å². The predicted octanol–water partition coefficient (Wildman–Crippen LogP) is 0.715. The molecule has 2 aromatic rings. The number of methoxy groups -OCH3 is 1. The smallest absolute Gasteiger partial charge is 0.291 e. The number of anilines is 1. The summed E-state index contributed by atoms with van der Waals surface area (Å²) in [5, 5.41) is 20.1. The lowest BCUT2D eigenvalue weighted by Gasteiger charge is -2.03. The Morgan fingerprint density at radius 2 is 2.11 bits per heavy atom. The summed E-state index contributed by atoms with van der Waals surface area (Å²) in [6.07, 6.45) is 0. The monoisotopic (exact) mass is 253 g/mol. The van der Waals surface area contributed by atoms with E-state index in [1.807, 2.05) is 24.3 Å². The second-order valence-electron chi connectivity index (χ2n) is 2.98. The van der Waals surface area contributed by atoms with Crippen molar-refractivity contribution in [3.05, 3.63) is 34.4 Å². The van der Waals surface area contributed by atoms with Gasteiger partial charge in [-0.1, -0.05) is 12.1 Å². The first kappa shape index (κ1) is 13.2. The van der Waals surface area contributed by atoms with E-state index < -0.39 is 5.09 Å². The van der Waals surface area contributed by atoms with Gasteiger partial charge in [0.05, 0.1) is 12.7 Å². The van der Waals surface area contributed by atoms with E-state index in [1.165, 1.54) is 0 Å². The van der Waals surface area contributed by atoms with Crippen LogP contribution in [0.25, 0.3) is 11.4 Å². The van der Waals surface area contributed by atoms with Gasteiger partial charge in [-0.3, -0.25) is 5.10 Å². The van der Waals surface area contributed by atoms with Crippen LogP contribution in [0, 0.1) is 10.1 Å². The van der Waals surface area contributed by atoms with Crippen LogP contribution in [0.4, 0.5) is 5.95 Å². The number of ether oxygens (including phenoxy) is 1. The first-order chi connectivity index (χ1) is 8.54. The van der Waals surface area contributed by atoms with Gasteiger partial charge in [0.25, 0.3) is 5.09 Å². The Hall–Kier alpha value is -2.84. The van der Waals surface area contributed by atoms with E-state index in [0.29, 0.717) is 5.82 Å². The molecule has 1 aromatic heterocycles. The van der Waals surface area contributed by atoms with Crippen LogP contribution in [0.1, 0.15) is 0 Å². The molecule has 0 aliphatic heterocycles. The molecule has 0 atom stereocenters. The van der Waals surface area contributed by atoms with Gasteiger partial charge in [-0.15, -0.1) is 15.2 Å². The lowest BCUT2D eigenvalue weighted by atomic mass is 10.2. The van der Waals surface area contributed by atoms with Crippen LogP contribution in [-0.4, -0.2) is 32.6 Å². The Kier molecular flexibility index (Phi) is 4.43. The SMILES string of the molecule is COc1ccccc1-c1nc(N)n[nH]1.O=[N+]([O-])O. The fraction of sp³-hybridized carbons (Fsp3) is 0.111. The van der Waals surface area contributed by atoms with Crippen molar-refractivity contribution in [2.24, 2.45) is 0 Å². The molecule has 0 saturated carbocycles. The molecule has 1 aromatic carbocycles. The predicted molar refractivity (Wildman–Crippen MR) is 61.6 cm³/mol. The molecule has 4 N–H and O–H groups in total. The second kappa shape index (κ2) is 6.03. The average molecular weight is 253 g/mol. The Balaban J connectivity index is 0.000000357. The molecule has 0 bridgehead atoms. The number of hydrogen-bond donors (Lipinski definition) is 3. The van der Waals surface area contributed by atoms with E-state index in [2.05, 4.69) is 15.2 Å². The number of hydrogen-bond acceptors (Lipinski definition) is 6. The number of nitrogens with two attached hydrogens (primary N) is 1. The third-order valence-corrected chi connectivity index (χ3v) is 1.86. The number of nitrogen functional groups attached to an aromatic ring is 1. The van der Waals surface area contributed by atoms with Gasteiger partial charge >= 0.3 is 0 Å². The van der Waals surface area contributed by atoms with Crippen molar-refractivity contribution in [2.75, 3.05) is 12.8 Å². The van der Waals surface area contributed by atoms with Crippen LogP contribution >= 0.6 is 0 Å². The van der Waals surface area contributed by atoms with Crippen molar-refractivity contribution < 1.29 is 15.0 Å². The minimum atomic E-state index is -1.50. The molecule has 9 nitrogen and oxygen atoms in total. The van der Waals surface area contributed by atoms with Crippen LogP contribution in [0.15, 0.2) is 24.3 Å². The molecule has 0 radical (unpaired) electrons. The van der Waals surface area contributed by atoms with Crippen molar-refractivity contribution in [3.63, 3.8) is 0 Å². The van der Waals surface area contributed by atoms with E-state index in [9.17, 15) is 0 Å². The fourth-order valence-electron chi connectivity index (χ4n) is 1.24. The maximum absolute atomic E-state index is 8.36. The van der Waals surface area contributed by atoms with E-state index in [1.54, 1.807) is 7.11 Å². The third kappa shape index (κ3) is 3.63. The summed E-state index contributed by atoms with van der Waals surface area (Å²) in [6.45, 7) is 0. The number of aromatic amines is 1. The highest BCUT2D eigenvalue weighted by molar-refractivity contribution is 5.64. The van der Waals surface area contributed by atoms with E-state index in [0.717, 1.165) is 11.3 Å². The van der Waals surface area contributed by atoms with Crippen LogP contribution < -0.4 is 10.5 Å². The minimum absolute atomic E-state index is 0.228. The number of rotatable bonds is 2. The maximum Gasteiger partial charge on any atom is 0.291 e. The largest absolute Gasteiger partial charge is 0.496 e. The highest BCUT2D eigenvalue weighted by Crippen LogP contribution is 2.26. The number of para-hydroxylation sites is 1. The second-order valence-corrected chi connectivity index (χ2v) is 2.98. The molecule has 0 fully saturated rings. The zero-order valence-electron chi connectivity index (χ0n) is 9.40. The minimum Gasteiger partial charge on any atom is -0.496 e. The number of H-pyrrole nitrogens is 1. The summed E-state index contributed by atoms with van der Waals surface area (Å²) < 4.78 is 5.18. The molecule has 0 spiro atoms. The number of aromatic nitrogens is 3. The summed E-state index contributed by atoms with van der Waals surface area (Å²) in [5.74, 6) is 1.58. The third-order valence-electron chi connectivity index (χ3n) is 1.86.